The lowest BCUT2D eigenvalue weighted by Crippen LogP contribution is -2.16. The van der Waals surface area contributed by atoms with Crippen LogP contribution in [0.5, 0.6) is 0 Å². The van der Waals surface area contributed by atoms with Crippen molar-refractivity contribution in [2.45, 2.75) is 19.9 Å². The van der Waals surface area contributed by atoms with Gasteiger partial charge in [-0.3, -0.25) is 0 Å². The van der Waals surface area contributed by atoms with E-state index in [0.717, 1.165) is 24.4 Å². The molecular weight excluding hydrogens is 240 g/mol. The Morgan fingerprint density at radius 1 is 1.22 bits per heavy atom. The van der Waals surface area contributed by atoms with E-state index in [-0.39, 0.29) is 0 Å². The number of rotatable bonds is 5. The van der Waals surface area contributed by atoms with Gasteiger partial charge in [0.05, 0.1) is 0 Å². The van der Waals surface area contributed by atoms with Gasteiger partial charge in [0.25, 0.3) is 0 Å². The molecule has 0 saturated heterocycles. The quantitative estimate of drug-likeness (QED) is 0.833. The summed E-state index contributed by atoms with van der Waals surface area (Å²) < 4.78 is 0. The number of nitriles is 1. The summed E-state index contributed by atoms with van der Waals surface area (Å²) >= 11 is 1.56. The second-order valence-corrected chi connectivity index (χ2v) is 5.40. The lowest BCUT2D eigenvalue weighted by molar-refractivity contribution is 0.692. The van der Waals surface area contributed by atoms with Crippen LogP contribution < -0.4 is 5.32 Å². The van der Waals surface area contributed by atoms with E-state index in [1.807, 2.05) is 12.1 Å². The first-order chi connectivity index (χ1) is 8.79. The molecule has 1 heterocycles. The Balaban J connectivity index is 1.77. The lowest BCUT2D eigenvalue weighted by Gasteiger charge is -2.06. The summed E-state index contributed by atoms with van der Waals surface area (Å²) in [6.45, 7) is 3.96. The lowest BCUT2D eigenvalue weighted by atomic mass is 10.1. The molecule has 92 valence electrons. The highest BCUT2D eigenvalue weighted by molar-refractivity contribution is 7.12. The molecule has 2 aromatic rings. The molecule has 18 heavy (non-hydrogen) atoms. The van der Waals surface area contributed by atoms with Crippen LogP contribution in [-0.2, 0) is 13.0 Å². The molecule has 0 saturated carbocycles. The molecule has 0 aliphatic rings. The van der Waals surface area contributed by atoms with Crippen molar-refractivity contribution < 1.29 is 0 Å². The van der Waals surface area contributed by atoms with Gasteiger partial charge in [0.15, 0.2) is 0 Å². The summed E-state index contributed by atoms with van der Waals surface area (Å²) in [7, 11) is 0. The molecular formula is C15H16N2S. The molecule has 1 aromatic carbocycles. The second-order valence-electron chi connectivity index (χ2n) is 4.23. The normalized spacial score (nSPS) is 10.2. The monoisotopic (exact) mass is 256 g/mol. The third kappa shape index (κ3) is 3.43. The predicted octanol–water partition coefficient (Wildman–Crippen LogP) is 3.26. The number of thiophene rings is 1. The summed E-state index contributed by atoms with van der Waals surface area (Å²) in [5.41, 5.74) is 2.75. The Morgan fingerprint density at radius 3 is 2.78 bits per heavy atom. The molecule has 0 aliphatic carbocycles. The van der Waals surface area contributed by atoms with Crippen LogP contribution in [0.3, 0.4) is 0 Å². The third-order valence-electron chi connectivity index (χ3n) is 2.90. The van der Waals surface area contributed by atoms with Gasteiger partial charge >= 0.3 is 0 Å². The molecule has 1 N–H and O–H groups in total. The van der Waals surface area contributed by atoms with Crippen molar-refractivity contribution in [3.63, 3.8) is 0 Å². The van der Waals surface area contributed by atoms with E-state index in [9.17, 15) is 0 Å². The standard InChI is InChI=1S/C15H16N2S/c1-12-4-2-3-5-13(12)8-9-17-11-15-7-6-14(10-16)18-15/h2-7,17H,8-9,11H2,1H3. The van der Waals surface area contributed by atoms with Crippen LogP contribution in [0.4, 0.5) is 0 Å². The van der Waals surface area contributed by atoms with Crippen LogP contribution >= 0.6 is 11.3 Å². The van der Waals surface area contributed by atoms with Crippen LogP contribution in [0.25, 0.3) is 0 Å². The van der Waals surface area contributed by atoms with E-state index in [4.69, 9.17) is 5.26 Å². The minimum atomic E-state index is 0.783. The molecule has 0 aliphatic heterocycles. The van der Waals surface area contributed by atoms with Gasteiger partial charge in [-0.15, -0.1) is 11.3 Å². The minimum absolute atomic E-state index is 0.783. The van der Waals surface area contributed by atoms with Crippen LogP contribution in [0, 0.1) is 18.3 Å². The zero-order valence-corrected chi connectivity index (χ0v) is 11.3. The number of benzene rings is 1. The Bertz CT molecular complexity index is 552. The number of hydrogen-bond acceptors (Lipinski definition) is 3. The van der Waals surface area contributed by atoms with Crippen LogP contribution in [-0.4, -0.2) is 6.54 Å². The van der Waals surface area contributed by atoms with Gasteiger partial charge in [-0.2, -0.15) is 5.26 Å². The van der Waals surface area contributed by atoms with E-state index >= 15 is 0 Å². The third-order valence-corrected chi connectivity index (χ3v) is 3.89. The van der Waals surface area contributed by atoms with Gasteiger partial charge < -0.3 is 5.32 Å². The smallest absolute Gasteiger partial charge is 0.110 e. The van der Waals surface area contributed by atoms with Crippen LogP contribution in [0.15, 0.2) is 36.4 Å². The van der Waals surface area contributed by atoms with Gasteiger partial charge in [-0.25, -0.2) is 0 Å². The van der Waals surface area contributed by atoms with E-state index in [0.29, 0.717) is 0 Å². The van der Waals surface area contributed by atoms with E-state index in [1.54, 1.807) is 11.3 Å². The molecule has 0 bridgehead atoms. The molecule has 0 atom stereocenters. The van der Waals surface area contributed by atoms with Gasteiger partial charge in [-0.05, 0) is 43.1 Å². The molecule has 0 spiro atoms. The first-order valence-corrected chi connectivity index (χ1v) is 6.85. The number of hydrogen-bond donors (Lipinski definition) is 1. The molecule has 1 aromatic heterocycles. The topological polar surface area (TPSA) is 35.8 Å². The minimum Gasteiger partial charge on any atom is -0.312 e. The maximum Gasteiger partial charge on any atom is 0.110 e. The number of aryl methyl sites for hydroxylation is 1. The van der Waals surface area contributed by atoms with E-state index in [1.165, 1.54) is 16.0 Å². The predicted molar refractivity (Wildman–Crippen MR) is 75.6 cm³/mol. The van der Waals surface area contributed by atoms with Crippen molar-refractivity contribution in [2.24, 2.45) is 0 Å². The summed E-state index contributed by atoms with van der Waals surface area (Å²) in [5, 5.41) is 12.2. The summed E-state index contributed by atoms with van der Waals surface area (Å²) in [6, 6.07) is 14.5. The van der Waals surface area contributed by atoms with Crippen molar-refractivity contribution in [1.82, 2.24) is 5.32 Å². The highest BCUT2D eigenvalue weighted by Gasteiger charge is 1.99. The summed E-state index contributed by atoms with van der Waals surface area (Å²) in [4.78, 5) is 2.00. The summed E-state index contributed by atoms with van der Waals surface area (Å²) in [5.74, 6) is 0. The van der Waals surface area contributed by atoms with Crippen LogP contribution in [0.2, 0.25) is 0 Å². The molecule has 0 fully saturated rings. The molecule has 3 heteroatoms. The Labute approximate surface area is 112 Å². The second kappa shape index (κ2) is 6.34. The van der Waals surface area contributed by atoms with Crippen LogP contribution in [0.1, 0.15) is 20.9 Å². The van der Waals surface area contributed by atoms with Crippen molar-refractivity contribution in [1.29, 1.82) is 5.26 Å². The zero-order chi connectivity index (χ0) is 12.8. The molecule has 2 nitrogen and oxygen atoms in total. The maximum atomic E-state index is 8.74. The molecule has 0 unspecified atom stereocenters. The zero-order valence-electron chi connectivity index (χ0n) is 10.4. The van der Waals surface area contributed by atoms with Gasteiger partial charge in [0.1, 0.15) is 10.9 Å². The number of nitrogens with zero attached hydrogens (tertiary/aromatic N) is 1. The van der Waals surface area contributed by atoms with Gasteiger partial charge in [0.2, 0.25) is 0 Å². The van der Waals surface area contributed by atoms with Crippen molar-refractivity contribution in [3.8, 4) is 6.07 Å². The Morgan fingerprint density at radius 2 is 2.06 bits per heavy atom. The Kier molecular flexibility index (Phi) is 4.52. The SMILES string of the molecule is Cc1ccccc1CCNCc1ccc(C#N)s1. The fourth-order valence-corrected chi connectivity index (χ4v) is 2.63. The van der Waals surface area contributed by atoms with E-state index < -0.39 is 0 Å². The molecule has 2 rings (SSSR count). The highest BCUT2D eigenvalue weighted by atomic mass is 32.1. The first-order valence-electron chi connectivity index (χ1n) is 6.03. The summed E-state index contributed by atoms with van der Waals surface area (Å²) in [6.07, 6.45) is 1.04. The maximum absolute atomic E-state index is 8.74. The van der Waals surface area contributed by atoms with E-state index in [2.05, 4.69) is 42.6 Å². The van der Waals surface area contributed by atoms with Crippen molar-refractivity contribution >= 4 is 11.3 Å². The van der Waals surface area contributed by atoms with Gasteiger partial charge in [-0.1, -0.05) is 24.3 Å². The molecule has 0 amide bonds. The average Bonchev–Trinajstić information content (AvgIpc) is 2.84. The molecule has 0 radical (unpaired) electrons. The largest absolute Gasteiger partial charge is 0.312 e. The fraction of sp³-hybridized carbons (Fsp3) is 0.267. The Hall–Kier alpha value is -1.63. The average molecular weight is 256 g/mol. The van der Waals surface area contributed by atoms with Crippen molar-refractivity contribution in [2.75, 3.05) is 6.54 Å². The fourth-order valence-electron chi connectivity index (χ4n) is 1.86. The first kappa shape index (κ1) is 12.8. The highest BCUT2D eigenvalue weighted by Crippen LogP contribution is 2.14. The van der Waals surface area contributed by atoms with Gasteiger partial charge in [0, 0.05) is 11.4 Å². The number of nitrogens with one attached hydrogen (secondary N) is 1. The van der Waals surface area contributed by atoms with Crippen molar-refractivity contribution in [3.05, 3.63) is 57.3 Å².